The number of nitrogens with one attached hydrogen (secondary N) is 1. The predicted molar refractivity (Wildman–Crippen MR) is 91.4 cm³/mol. The third-order valence-electron chi connectivity index (χ3n) is 3.54. The Bertz CT molecular complexity index is 766. The third-order valence-corrected chi connectivity index (χ3v) is 4.98. The molecular weight excluding hydrogens is 310 g/mol. The Labute approximate surface area is 137 Å². The molecule has 0 amide bonds. The number of hydrogen-bond donors (Lipinski definition) is 1. The van der Waals surface area contributed by atoms with Crippen LogP contribution in [0.4, 0.5) is 0 Å². The molecule has 2 rings (SSSR count). The highest BCUT2D eigenvalue weighted by Gasteiger charge is 2.24. The lowest BCUT2D eigenvalue weighted by Crippen LogP contribution is -2.30. The molecular formula is C18H21NO3S. The van der Waals surface area contributed by atoms with Gasteiger partial charge in [-0.3, -0.25) is 0 Å². The summed E-state index contributed by atoms with van der Waals surface area (Å²) < 4.78 is 33.4. The van der Waals surface area contributed by atoms with Gasteiger partial charge in [0.05, 0.1) is 12.0 Å². The molecule has 0 bridgehead atoms. The lowest BCUT2D eigenvalue weighted by atomic mass is 10.1. The first-order chi connectivity index (χ1) is 11.0. The van der Waals surface area contributed by atoms with E-state index in [9.17, 15) is 8.42 Å². The molecule has 0 aliphatic heterocycles. The quantitative estimate of drug-likeness (QED) is 0.823. The molecule has 2 aromatic rings. The van der Waals surface area contributed by atoms with Crippen molar-refractivity contribution in [3.8, 4) is 0 Å². The van der Waals surface area contributed by atoms with Crippen molar-refractivity contribution in [2.45, 2.75) is 24.8 Å². The van der Waals surface area contributed by atoms with Crippen LogP contribution in [-0.4, -0.2) is 15.5 Å². The molecule has 0 aromatic heterocycles. The van der Waals surface area contributed by atoms with Gasteiger partial charge in [0.15, 0.2) is 0 Å². The Hall–Kier alpha value is -2.11. The molecule has 0 spiro atoms. The van der Waals surface area contributed by atoms with Gasteiger partial charge in [-0.05, 0) is 37.6 Å². The van der Waals surface area contributed by atoms with Crippen LogP contribution in [-0.2, 0) is 14.8 Å². The number of hydrogen-bond acceptors (Lipinski definition) is 3. The van der Waals surface area contributed by atoms with Gasteiger partial charge in [-0.1, -0.05) is 48.0 Å². The number of ether oxygens (including phenoxy) is 1. The molecule has 0 aliphatic rings. The summed E-state index contributed by atoms with van der Waals surface area (Å²) in [4.78, 5) is 0.232. The lowest BCUT2D eigenvalue weighted by molar-refractivity contribution is 0.259. The minimum Gasteiger partial charge on any atom is -0.499 e. The number of aryl methyl sites for hydroxylation is 1. The standard InChI is InChI=1S/C18H21NO3S/c1-4-17(22-3)18(15-8-6-5-7-9-15)19-23(20,21)16-12-10-14(2)11-13-16/h4-13,18-19H,1-3H3/b17-4+. The number of methoxy groups -OCH3 is 1. The Balaban J connectivity index is 2.39. The first-order valence-electron chi connectivity index (χ1n) is 7.32. The van der Waals surface area contributed by atoms with Gasteiger partial charge in [0.2, 0.25) is 10.0 Å². The largest absolute Gasteiger partial charge is 0.499 e. The predicted octanol–water partition coefficient (Wildman–Crippen LogP) is 3.56. The van der Waals surface area contributed by atoms with E-state index < -0.39 is 16.1 Å². The van der Waals surface area contributed by atoms with Crippen LogP contribution in [0, 0.1) is 6.92 Å². The summed E-state index contributed by atoms with van der Waals surface area (Å²) >= 11 is 0. The van der Waals surface area contributed by atoms with E-state index in [1.165, 1.54) is 7.11 Å². The van der Waals surface area contributed by atoms with Crippen LogP contribution < -0.4 is 4.72 Å². The molecule has 1 atom stereocenters. The van der Waals surface area contributed by atoms with Crippen molar-refractivity contribution in [2.75, 3.05) is 7.11 Å². The zero-order valence-electron chi connectivity index (χ0n) is 13.5. The number of sulfonamides is 1. The average Bonchev–Trinajstić information content (AvgIpc) is 2.56. The van der Waals surface area contributed by atoms with Crippen molar-refractivity contribution in [2.24, 2.45) is 0 Å². The molecule has 4 nitrogen and oxygen atoms in total. The van der Waals surface area contributed by atoms with Crippen LogP contribution in [0.2, 0.25) is 0 Å². The maximum atomic E-state index is 12.7. The number of benzene rings is 2. The van der Waals surface area contributed by atoms with Crippen molar-refractivity contribution >= 4 is 10.0 Å². The molecule has 0 radical (unpaired) electrons. The summed E-state index contributed by atoms with van der Waals surface area (Å²) in [5.74, 6) is 0.548. The normalized spacial score (nSPS) is 13.6. The smallest absolute Gasteiger partial charge is 0.241 e. The summed E-state index contributed by atoms with van der Waals surface area (Å²) in [6.45, 7) is 3.73. The van der Waals surface area contributed by atoms with E-state index in [1.807, 2.05) is 44.2 Å². The van der Waals surface area contributed by atoms with E-state index in [0.29, 0.717) is 5.76 Å². The maximum absolute atomic E-state index is 12.7. The van der Waals surface area contributed by atoms with Gasteiger partial charge < -0.3 is 4.74 Å². The highest BCUT2D eigenvalue weighted by Crippen LogP contribution is 2.24. The van der Waals surface area contributed by atoms with Crippen LogP contribution in [0.3, 0.4) is 0 Å². The molecule has 0 saturated carbocycles. The fourth-order valence-corrected chi connectivity index (χ4v) is 3.47. The second-order valence-electron chi connectivity index (χ2n) is 5.17. The van der Waals surface area contributed by atoms with Gasteiger partial charge in [-0.15, -0.1) is 0 Å². The van der Waals surface area contributed by atoms with Crippen LogP contribution in [0.15, 0.2) is 71.3 Å². The summed E-state index contributed by atoms with van der Waals surface area (Å²) in [7, 11) is -2.13. The number of rotatable bonds is 6. The fraction of sp³-hybridized carbons (Fsp3) is 0.222. The molecule has 23 heavy (non-hydrogen) atoms. The highest BCUT2D eigenvalue weighted by molar-refractivity contribution is 7.89. The van der Waals surface area contributed by atoms with Crippen molar-refractivity contribution in [1.29, 1.82) is 0 Å². The van der Waals surface area contributed by atoms with E-state index in [4.69, 9.17) is 4.74 Å². The molecule has 0 saturated heterocycles. The van der Waals surface area contributed by atoms with Gasteiger partial charge in [0.1, 0.15) is 11.8 Å². The SMILES string of the molecule is C/C=C(/OC)C(NS(=O)(=O)c1ccc(C)cc1)c1ccccc1. The van der Waals surface area contributed by atoms with Gasteiger partial charge in [-0.25, -0.2) is 8.42 Å². The van der Waals surface area contributed by atoms with Crippen molar-refractivity contribution < 1.29 is 13.2 Å². The minimum absolute atomic E-state index is 0.232. The molecule has 122 valence electrons. The van der Waals surface area contributed by atoms with Crippen LogP contribution in [0.5, 0.6) is 0 Å². The topological polar surface area (TPSA) is 55.4 Å². The second-order valence-corrected chi connectivity index (χ2v) is 6.89. The van der Waals surface area contributed by atoms with E-state index in [0.717, 1.165) is 11.1 Å². The highest BCUT2D eigenvalue weighted by atomic mass is 32.2. The zero-order chi connectivity index (χ0) is 16.9. The van der Waals surface area contributed by atoms with E-state index in [1.54, 1.807) is 30.3 Å². The molecule has 1 unspecified atom stereocenters. The van der Waals surface area contributed by atoms with Crippen LogP contribution >= 0.6 is 0 Å². The van der Waals surface area contributed by atoms with Crippen molar-refractivity contribution in [1.82, 2.24) is 4.72 Å². The van der Waals surface area contributed by atoms with Crippen molar-refractivity contribution in [3.63, 3.8) is 0 Å². The Kier molecular flexibility index (Phi) is 5.58. The first kappa shape index (κ1) is 17.2. The Morgan fingerprint density at radius 1 is 1.09 bits per heavy atom. The maximum Gasteiger partial charge on any atom is 0.241 e. The van der Waals surface area contributed by atoms with E-state index in [2.05, 4.69) is 4.72 Å². The molecule has 0 heterocycles. The first-order valence-corrected chi connectivity index (χ1v) is 8.80. The molecule has 5 heteroatoms. The summed E-state index contributed by atoms with van der Waals surface area (Å²) in [5, 5.41) is 0. The van der Waals surface area contributed by atoms with E-state index >= 15 is 0 Å². The molecule has 0 fully saturated rings. The number of allylic oxidation sites excluding steroid dienone is 1. The van der Waals surface area contributed by atoms with Crippen LogP contribution in [0.1, 0.15) is 24.1 Å². The Morgan fingerprint density at radius 3 is 2.22 bits per heavy atom. The van der Waals surface area contributed by atoms with E-state index in [-0.39, 0.29) is 4.90 Å². The zero-order valence-corrected chi connectivity index (χ0v) is 14.3. The molecule has 2 aromatic carbocycles. The summed E-state index contributed by atoms with van der Waals surface area (Å²) in [6, 6.07) is 15.5. The fourth-order valence-electron chi connectivity index (χ4n) is 2.28. The lowest BCUT2D eigenvalue weighted by Gasteiger charge is -2.21. The Morgan fingerprint density at radius 2 is 1.70 bits per heavy atom. The van der Waals surface area contributed by atoms with Gasteiger partial charge in [0, 0.05) is 0 Å². The summed E-state index contributed by atoms with van der Waals surface area (Å²) in [6.07, 6.45) is 1.76. The van der Waals surface area contributed by atoms with Gasteiger partial charge >= 0.3 is 0 Å². The second kappa shape index (κ2) is 7.44. The average molecular weight is 331 g/mol. The third kappa shape index (κ3) is 4.21. The van der Waals surface area contributed by atoms with Crippen molar-refractivity contribution in [3.05, 3.63) is 77.6 Å². The van der Waals surface area contributed by atoms with Gasteiger partial charge in [0.25, 0.3) is 0 Å². The van der Waals surface area contributed by atoms with Gasteiger partial charge in [-0.2, -0.15) is 4.72 Å². The molecule has 0 aliphatic carbocycles. The minimum atomic E-state index is -3.66. The monoisotopic (exact) mass is 331 g/mol. The summed E-state index contributed by atoms with van der Waals surface area (Å²) in [5.41, 5.74) is 1.83. The van der Waals surface area contributed by atoms with Crippen LogP contribution in [0.25, 0.3) is 0 Å². The molecule has 1 N–H and O–H groups in total.